The zero-order valence-corrected chi connectivity index (χ0v) is 16.7. The maximum atomic E-state index is 13.6. The number of ether oxygens (including phenoxy) is 1. The quantitative estimate of drug-likeness (QED) is 0.764. The zero-order valence-electron chi connectivity index (χ0n) is 16.7. The Kier molecular flexibility index (Phi) is 4.53. The summed E-state index contributed by atoms with van der Waals surface area (Å²) in [6.45, 7) is 4.23. The average Bonchev–Trinajstić information content (AvgIpc) is 3.20. The van der Waals surface area contributed by atoms with Gasteiger partial charge in [-0.3, -0.25) is 14.5 Å². The number of likely N-dealkylation sites (N-methyl/N-ethyl adjacent to an activating group) is 1. The maximum absolute atomic E-state index is 13.6. The Morgan fingerprint density at radius 2 is 2.04 bits per heavy atom. The predicted octanol–water partition coefficient (Wildman–Crippen LogP) is 3.12. The lowest BCUT2D eigenvalue weighted by atomic mass is 9.58. The summed E-state index contributed by atoms with van der Waals surface area (Å²) in [6.07, 6.45) is 5.27. The van der Waals surface area contributed by atoms with Crippen LogP contribution in [-0.2, 0) is 19.7 Å². The van der Waals surface area contributed by atoms with Crippen molar-refractivity contribution in [3.63, 3.8) is 0 Å². The fourth-order valence-electron chi connectivity index (χ4n) is 6.25. The second-order valence-electron chi connectivity index (χ2n) is 8.44. The Bertz CT molecular complexity index is 764. The van der Waals surface area contributed by atoms with Gasteiger partial charge in [-0.05, 0) is 62.2 Å². The van der Waals surface area contributed by atoms with Gasteiger partial charge in [-0.2, -0.15) is 0 Å². The number of esters is 1. The summed E-state index contributed by atoms with van der Waals surface area (Å²) in [5.41, 5.74) is 1.73. The molecule has 146 valence electrons. The molecule has 0 unspecified atom stereocenters. The van der Waals surface area contributed by atoms with Crippen LogP contribution in [0.4, 0.5) is 5.69 Å². The molecule has 5 nitrogen and oxygen atoms in total. The highest BCUT2D eigenvalue weighted by Crippen LogP contribution is 2.59. The van der Waals surface area contributed by atoms with E-state index >= 15 is 0 Å². The molecule has 0 bridgehead atoms. The molecular weight excluding hydrogens is 340 g/mol. The summed E-state index contributed by atoms with van der Waals surface area (Å²) >= 11 is 0. The third-order valence-electron chi connectivity index (χ3n) is 7.52. The second kappa shape index (κ2) is 6.62. The third-order valence-corrected chi connectivity index (χ3v) is 7.52. The van der Waals surface area contributed by atoms with Crippen LogP contribution in [0.15, 0.2) is 24.3 Å². The number of hydrogen-bond donors (Lipinski definition) is 0. The van der Waals surface area contributed by atoms with Crippen LogP contribution in [0.25, 0.3) is 0 Å². The van der Waals surface area contributed by atoms with Gasteiger partial charge in [0, 0.05) is 25.2 Å². The van der Waals surface area contributed by atoms with E-state index in [1.165, 1.54) is 12.7 Å². The number of nitrogens with zero attached hydrogens (tertiary/aromatic N) is 2. The molecule has 0 aliphatic carbocycles. The highest BCUT2D eigenvalue weighted by Gasteiger charge is 2.65. The monoisotopic (exact) mass is 370 g/mol. The van der Waals surface area contributed by atoms with E-state index in [1.807, 2.05) is 18.0 Å². The number of carbonyl (C=O) groups is 2. The van der Waals surface area contributed by atoms with Crippen molar-refractivity contribution in [2.24, 2.45) is 5.41 Å². The molecule has 3 aliphatic heterocycles. The lowest BCUT2D eigenvalue weighted by Gasteiger charge is -2.52. The Morgan fingerprint density at radius 1 is 1.26 bits per heavy atom. The van der Waals surface area contributed by atoms with Crippen molar-refractivity contribution in [1.82, 2.24) is 4.90 Å². The van der Waals surface area contributed by atoms with Crippen molar-refractivity contribution in [3.05, 3.63) is 29.8 Å². The van der Waals surface area contributed by atoms with E-state index in [9.17, 15) is 9.59 Å². The summed E-state index contributed by atoms with van der Waals surface area (Å²) in [6, 6.07) is 8.44. The lowest BCUT2D eigenvalue weighted by molar-refractivity contribution is -0.142. The van der Waals surface area contributed by atoms with Crippen LogP contribution in [0.3, 0.4) is 0 Å². The summed E-state index contributed by atoms with van der Waals surface area (Å²) in [7, 11) is 3.36. The first-order chi connectivity index (χ1) is 13.0. The number of piperidine rings is 1. The minimum Gasteiger partial charge on any atom is -0.469 e. The number of carbonyl (C=O) groups excluding carboxylic acids is 2. The van der Waals surface area contributed by atoms with Gasteiger partial charge >= 0.3 is 5.97 Å². The van der Waals surface area contributed by atoms with Gasteiger partial charge < -0.3 is 9.64 Å². The first kappa shape index (κ1) is 18.5. The molecule has 1 aromatic rings. The molecule has 3 aliphatic rings. The van der Waals surface area contributed by atoms with Crippen LogP contribution < -0.4 is 4.90 Å². The largest absolute Gasteiger partial charge is 0.469 e. The Morgan fingerprint density at radius 3 is 2.78 bits per heavy atom. The number of hydrogen-bond acceptors (Lipinski definition) is 4. The van der Waals surface area contributed by atoms with E-state index in [1.54, 1.807) is 0 Å². The Hall–Kier alpha value is -1.88. The third kappa shape index (κ3) is 2.47. The SMILES string of the molecule is CC[C@]1(CCC(=O)OC)CCCN2CC[C@@]3(C(=O)N(C)c4ccccc43)[C@H]21. The van der Waals surface area contributed by atoms with Crippen molar-refractivity contribution in [2.45, 2.75) is 56.9 Å². The highest BCUT2D eigenvalue weighted by atomic mass is 16.5. The molecule has 2 saturated heterocycles. The molecule has 27 heavy (non-hydrogen) atoms. The molecular formula is C22H30N2O3. The molecule has 3 heterocycles. The van der Waals surface area contributed by atoms with Crippen LogP contribution in [-0.4, -0.2) is 50.1 Å². The number of amides is 1. The molecule has 0 N–H and O–H groups in total. The molecule has 2 fully saturated rings. The normalized spacial score (nSPS) is 32.6. The average molecular weight is 370 g/mol. The molecule has 0 aromatic heterocycles. The molecule has 5 heteroatoms. The van der Waals surface area contributed by atoms with E-state index in [2.05, 4.69) is 30.0 Å². The van der Waals surface area contributed by atoms with Crippen molar-refractivity contribution in [3.8, 4) is 0 Å². The molecule has 1 spiro atoms. The first-order valence-electron chi connectivity index (χ1n) is 10.2. The van der Waals surface area contributed by atoms with Gasteiger partial charge in [-0.15, -0.1) is 0 Å². The zero-order chi connectivity index (χ0) is 19.2. The first-order valence-corrected chi connectivity index (χ1v) is 10.2. The molecule has 3 atom stereocenters. The fourth-order valence-corrected chi connectivity index (χ4v) is 6.25. The second-order valence-corrected chi connectivity index (χ2v) is 8.44. The summed E-state index contributed by atoms with van der Waals surface area (Å²) in [5, 5.41) is 0. The smallest absolute Gasteiger partial charge is 0.305 e. The van der Waals surface area contributed by atoms with Gasteiger partial charge in [0.2, 0.25) is 5.91 Å². The van der Waals surface area contributed by atoms with Gasteiger partial charge in [0.25, 0.3) is 0 Å². The number of rotatable bonds is 4. The predicted molar refractivity (Wildman–Crippen MR) is 105 cm³/mol. The molecule has 0 saturated carbocycles. The molecule has 0 radical (unpaired) electrons. The van der Waals surface area contributed by atoms with E-state index in [0.717, 1.165) is 50.9 Å². The van der Waals surface area contributed by atoms with Crippen LogP contribution >= 0.6 is 0 Å². The van der Waals surface area contributed by atoms with Gasteiger partial charge in [-0.25, -0.2) is 0 Å². The Labute approximate surface area is 161 Å². The van der Waals surface area contributed by atoms with Gasteiger partial charge in [0.05, 0.1) is 12.5 Å². The van der Waals surface area contributed by atoms with E-state index < -0.39 is 5.41 Å². The van der Waals surface area contributed by atoms with Crippen LogP contribution in [0.5, 0.6) is 0 Å². The fraction of sp³-hybridized carbons (Fsp3) is 0.636. The molecule has 4 rings (SSSR count). The lowest BCUT2D eigenvalue weighted by Crippen LogP contribution is -2.59. The standard InChI is InChI=1S/C22H30N2O3/c1-4-21(12-10-18(25)27-3)11-7-14-24-15-13-22(19(21)24)16-8-5-6-9-17(16)23(2)20(22)26/h5-6,8-9,19H,4,7,10-15H2,1-3H3/t19-,21-,22+/m1/s1. The molecule has 1 amide bonds. The van der Waals surface area contributed by atoms with Crippen LogP contribution in [0.1, 0.15) is 51.0 Å². The number of fused-ring (bicyclic) bond motifs is 4. The topological polar surface area (TPSA) is 49.9 Å². The maximum Gasteiger partial charge on any atom is 0.305 e. The van der Waals surface area contributed by atoms with Gasteiger partial charge in [0.1, 0.15) is 0 Å². The highest BCUT2D eigenvalue weighted by molar-refractivity contribution is 6.08. The summed E-state index contributed by atoms with van der Waals surface area (Å²) in [4.78, 5) is 30.0. The van der Waals surface area contributed by atoms with Crippen molar-refractivity contribution in [1.29, 1.82) is 0 Å². The van der Waals surface area contributed by atoms with E-state index in [4.69, 9.17) is 4.74 Å². The number of anilines is 1. The van der Waals surface area contributed by atoms with Crippen LogP contribution in [0, 0.1) is 5.41 Å². The molecule has 1 aromatic carbocycles. The van der Waals surface area contributed by atoms with Crippen molar-refractivity contribution in [2.75, 3.05) is 32.1 Å². The minimum atomic E-state index is -0.474. The minimum absolute atomic E-state index is 0.0309. The van der Waals surface area contributed by atoms with Crippen molar-refractivity contribution >= 4 is 17.6 Å². The van der Waals surface area contributed by atoms with Crippen molar-refractivity contribution < 1.29 is 14.3 Å². The van der Waals surface area contributed by atoms with Gasteiger partial charge in [0.15, 0.2) is 0 Å². The van der Waals surface area contributed by atoms with Crippen LogP contribution in [0.2, 0.25) is 0 Å². The van der Waals surface area contributed by atoms with E-state index in [0.29, 0.717) is 6.42 Å². The number of para-hydroxylation sites is 1. The summed E-state index contributed by atoms with van der Waals surface area (Å²) < 4.78 is 4.93. The number of methoxy groups -OCH3 is 1. The summed E-state index contributed by atoms with van der Waals surface area (Å²) in [5.74, 6) is 0.0799. The Balaban J connectivity index is 1.81. The number of benzene rings is 1. The van der Waals surface area contributed by atoms with E-state index in [-0.39, 0.29) is 23.3 Å². The van der Waals surface area contributed by atoms with Gasteiger partial charge in [-0.1, -0.05) is 25.1 Å².